The van der Waals surface area contributed by atoms with Crippen molar-refractivity contribution in [3.05, 3.63) is 18.0 Å². The summed E-state index contributed by atoms with van der Waals surface area (Å²) in [6.07, 6.45) is 0. The lowest BCUT2D eigenvalue weighted by Crippen LogP contribution is -2.32. The van der Waals surface area contributed by atoms with Gasteiger partial charge in [0.05, 0.1) is 11.4 Å². The first-order valence-corrected chi connectivity index (χ1v) is 11.0. The number of nitrogens with one attached hydrogen (secondary N) is 2. The molecule has 0 radical (unpaired) electrons. The fraction of sp³-hybridized carbons (Fsp3) is 0.533. The molecule has 0 atom stereocenters. The molecule has 0 aromatic carbocycles. The molecule has 0 saturated carbocycles. The van der Waals surface area contributed by atoms with E-state index < -0.39 is 21.8 Å². The molecule has 0 aliphatic carbocycles. The fourth-order valence-corrected chi connectivity index (χ4v) is 2.81. The van der Waals surface area contributed by atoms with E-state index in [2.05, 4.69) is 36.6 Å². The number of rotatable bonds is 13. The second-order valence-corrected chi connectivity index (χ2v) is 8.62. The number of amides is 1. The molecular weight excluding hydrogens is 440 g/mol. The number of hydrogen-bond donors (Lipinski definition) is 4. The Hall–Kier alpha value is -2.17. The molecule has 0 aliphatic rings. The van der Waals surface area contributed by atoms with Crippen molar-refractivity contribution in [1.82, 2.24) is 20.6 Å². The van der Waals surface area contributed by atoms with Gasteiger partial charge in [0.25, 0.3) is 16.0 Å². The molecule has 15 heteroatoms. The Labute approximate surface area is 179 Å². The zero-order valence-electron chi connectivity index (χ0n) is 17.1. The SMILES string of the molecule is C=C(NCCSOOO)c1nc(N(C)C)c(C(=O)NCCS(=O)(=O)O)nc1N(C)C. The maximum Gasteiger partial charge on any atom is 0.273 e. The fourth-order valence-electron chi connectivity index (χ4n) is 2.16. The number of carbonyl (C=O) groups excluding carboxylic acids is 1. The van der Waals surface area contributed by atoms with Crippen LogP contribution in [0.2, 0.25) is 0 Å². The average Bonchev–Trinajstić information content (AvgIpc) is 2.65. The van der Waals surface area contributed by atoms with Crippen molar-refractivity contribution in [2.75, 3.05) is 62.6 Å². The summed E-state index contributed by atoms with van der Waals surface area (Å²) in [6.45, 7) is 4.09. The number of anilines is 2. The van der Waals surface area contributed by atoms with Crippen LogP contribution in [0.3, 0.4) is 0 Å². The van der Waals surface area contributed by atoms with Gasteiger partial charge < -0.3 is 20.4 Å². The van der Waals surface area contributed by atoms with Crippen molar-refractivity contribution >= 4 is 45.4 Å². The predicted octanol–water partition coefficient (Wildman–Crippen LogP) is -0.144. The lowest BCUT2D eigenvalue weighted by atomic mass is 10.2. The van der Waals surface area contributed by atoms with Crippen LogP contribution < -0.4 is 20.4 Å². The highest BCUT2D eigenvalue weighted by Crippen LogP contribution is 2.25. The van der Waals surface area contributed by atoms with Crippen molar-refractivity contribution < 1.29 is 32.4 Å². The summed E-state index contributed by atoms with van der Waals surface area (Å²) in [6, 6.07) is 0. The largest absolute Gasteiger partial charge is 0.383 e. The highest BCUT2D eigenvalue weighted by molar-refractivity contribution is 7.94. The van der Waals surface area contributed by atoms with E-state index in [1.807, 2.05) is 0 Å². The van der Waals surface area contributed by atoms with Gasteiger partial charge >= 0.3 is 0 Å². The van der Waals surface area contributed by atoms with Gasteiger partial charge in [-0.2, -0.15) is 8.42 Å². The summed E-state index contributed by atoms with van der Waals surface area (Å²) in [5.41, 5.74) is 0.834. The van der Waals surface area contributed by atoms with Crippen molar-refractivity contribution in [3.8, 4) is 0 Å². The molecule has 1 rings (SSSR count). The Morgan fingerprint density at radius 3 is 2.20 bits per heavy atom. The minimum atomic E-state index is -4.20. The van der Waals surface area contributed by atoms with Crippen LogP contribution in [0.1, 0.15) is 16.2 Å². The first kappa shape index (κ1) is 25.9. The van der Waals surface area contributed by atoms with Gasteiger partial charge in [-0.25, -0.2) is 15.2 Å². The van der Waals surface area contributed by atoms with Crippen molar-refractivity contribution in [3.63, 3.8) is 0 Å². The van der Waals surface area contributed by atoms with Crippen LogP contribution in [0.4, 0.5) is 11.6 Å². The molecule has 0 unspecified atom stereocenters. The molecule has 4 N–H and O–H groups in total. The maximum absolute atomic E-state index is 12.6. The van der Waals surface area contributed by atoms with E-state index in [0.29, 0.717) is 29.5 Å². The van der Waals surface area contributed by atoms with Crippen LogP contribution >= 0.6 is 12.0 Å². The molecular formula is C15H26N6O7S2. The standard InChI is InChI=1S/C15H26N6O7S2/c1-10(16-6-8-29-28-27-23)11-13(20(2)3)19-12(14(18-11)21(4)5)15(22)17-7-9-30(24,25)26/h16,23H,1,6-9H2,2-5H3,(H,17,22)(H,24,25,26). The Kier molecular flexibility index (Phi) is 10.2. The van der Waals surface area contributed by atoms with Gasteiger partial charge in [-0.3, -0.25) is 9.35 Å². The predicted molar refractivity (Wildman–Crippen MR) is 114 cm³/mol. The molecule has 1 amide bonds. The smallest absolute Gasteiger partial charge is 0.273 e. The average molecular weight is 467 g/mol. The van der Waals surface area contributed by atoms with Gasteiger partial charge in [0.15, 0.2) is 17.3 Å². The third-order valence-electron chi connectivity index (χ3n) is 3.46. The second kappa shape index (κ2) is 11.9. The molecule has 13 nitrogen and oxygen atoms in total. The minimum Gasteiger partial charge on any atom is -0.383 e. The highest BCUT2D eigenvalue weighted by atomic mass is 32.2. The molecule has 170 valence electrons. The number of nitrogens with zero attached hydrogens (tertiary/aromatic N) is 4. The van der Waals surface area contributed by atoms with Crippen LogP contribution in [-0.4, -0.2) is 86.9 Å². The van der Waals surface area contributed by atoms with Crippen LogP contribution in [-0.2, 0) is 19.5 Å². The zero-order chi connectivity index (χ0) is 22.9. The first-order valence-electron chi connectivity index (χ1n) is 8.50. The van der Waals surface area contributed by atoms with Gasteiger partial charge in [-0.15, -0.1) is 4.33 Å². The number of hydrogen-bond acceptors (Lipinski definition) is 12. The summed E-state index contributed by atoms with van der Waals surface area (Å²) in [5.74, 6) is -0.221. The summed E-state index contributed by atoms with van der Waals surface area (Å²) >= 11 is 0.881. The number of carbonyl (C=O) groups is 1. The van der Waals surface area contributed by atoms with Gasteiger partial charge in [0.1, 0.15) is 5.69 Å². The van der Waals surface area contributed by atoms with Crippen LogP contribution in [0.5, 0.6) is 0 Å². The van der Waals surface area contributed by atoms with E-state index in [1.54, 1.807) is 38.0 Å². The Morgan fingerprint density at radius 1 is 1.10 bits per heavy atom. The topological polar surface area (TPSA) is 166 Å². The van der Waals surface area contributed by atoms with Gasteiger partial charge in [0, 0.05) is 59.1 Å². The molecule has 0 aliphatic heterocycles. The summed E-state index contributed by atoms with van der Waals surface area (Å²) in [5, 5.41) is 17.1. The van der Waals surface area contributed by atoms with Gasteiger partial charge in [-0.1, -0.05) is 11.6 Å². The second-order valence-electron chi connectivity index (χ2n) is 6.27. The maximum atomic E-state index is 12.6. The van der Waals surface area contributed by atoms with Crippen molar-refractivity contribution in [2.45, 2.75) is 0 Å². The van der Waals surface area contributed by atoms with E-state index in [1.165, 1.54) is 0 Å². The van der Waals surface area contributed by atoms with E-state index in [0.717, 1.165) is 12.0 Å². The van der Waals surface area contributed by atoms with Crippen LogP contribution in [0.15, 0.2) is 6.58 Å². The molecule has 30 heavy (non-hydrogen) atoms. The van der Waals surface area contributed by atoms with E-state index in [-0.39, 0.29) is 18.1 Å². The van der Waals surface area contributed by atoms with Gasteiger partial charge in [-0.05, 0) is 0 Å². The molecule has 0 spiro atoms. The Bertz CT molecular complexity index is 848. The van der Waals surface area contributed by atoms with Crippen LogP contribution in [0, 0.1) is 0 Å². The normalized spacial score (nSPS) is 11.1. The molecule has 0 fully saturated rings. The lowest BCUT2D eigenvalue weighted by molar-refractivity contribution is -0.432. The first-order chi connectivity index (χ1) is 14.0. The minimum absolute atomic E-state index is 0.0142. The summed E-state index contributed by atoms with van der Waals surface area (Å²) < 4.78 is 34.8. The Morgan fingerprint density at radius 2 is 1.67 bits per heavy atom. The number of aromatic nitrogens is 2. The monoisotopic (exact) mass is 466 g/mol. The Balaban J connectivity index is 3.13. The molecule has 1 aromatic rings. The lowest BCUT2D eigenvalue weighted by Gasteiger charge is -2.22. The quantitative estimate of drug-likeness (QED) is 0.0997. The zero-order valence-corrected chi connectivity index (χ0v) is 18.7. The highest BCUT2D eigenvalue weighted by Gasteiger charge is 2.23. The molecule has 1 heterocycles. The molecule has 0 saturated heterocycles. The van der Waals surface area contributed by atoms with E-state index >= 15 is 0 Å². The molecule has 0 bridgehead atoms. The summed E-state index contributed by atoms with van der Waals surface area (Å²) in [4.78, 5) is 24.7. The van der Waals surface area contributed by atoms with Crippen molar-refractivity contribution in [1.29, 1.82) is 0 Å². The van der Waals surface area contributed by atoms with Crippen molar-refractivity contribution in [2.24, 2.45) is 0 Å². The summed E-state index contributed by atoms with van der Waals surface area (Å²) in [7, 11) is 2.59. The van der Waals surface area contributed by atoms with Crippen LogP contribution in [0.25, 0.3) is 5.70 Å². The van der Waals surface area contributed by atoms with E-state index in [4.69, 9.17) is 9.81 Å². The third-order valence-corrected chi connectivity index (χ3v) is 4.70. The van der Waals surface area contributed by atoms with E-state index in [9.17, 15) is 13.2 Å². The third kappa shape index (κ3) is 8.29. The van der Waals surface area contributed by atoms with Gasteiger partial charge in [0.2, 0.25) is 0 Å². The molecule has 1 aromatic heterocycles.